The van der Waals surface area contributed by atoms with Crippen molar-refractivity contribution in [3.8, 4) is 0 Å². The van der Waals surface area contributed by atoms with Crippen LogP contribution in [0.4, 0.5) is 5.82 Å². The highest BCUT2D eigenvalue weighted by molar-refractivity contribution is 7.18. The van der Waals surface area contributed by atoms with Crippen LogP contribution in [0.2, 0.25) is 0 Å². The Balaban J connectivity index is 1.70. The summed E-state index contributed by atoms with van der Waals surface area (Å²) in [6.45, 7) is 0. The SMILES string of the molecule is C(=Cc1csc2c(NC3CC3)ncnc12)c1cn[nH]c1. The molecule has 0 spiro atoms. The van der Waals surface area contributed by atoms with Crippen LogP contribution in [-0.2, 0) is 0 Å². The summed E-state index contributed by atoms with van der Waals surface area (Å²) in [6.07, 6.45) is 11.9. The van der Waals surface area contributed by atoms with E-state index in [2.05, 4.69) is 36.9 Å². The summed E-state index contributed by atoms with van der Waals surface area (Å²) in [5, 5.41) is 12.3. The van der Waals surface area contributed by atoms with Gasteiger partial charge in [-0.05, 0) is 12.8 Å². The van der Waals surface area contributed by atoms with Crippen molar-refractivity contribution in [1.82, 2.24) is 20.2 Å². The molecule has 1 fully saturated rings. The van der Waals surface area contributed by atoms with Gasteiger partial charge in [-0.3, -0.25) is 5.10 Å². The first kappa shape index (κ1) is 11.6. The van der Waals surface area contributed by atoms with Gasteiger partial charge in [0.1, 0.15) is 12.1 Å². The van der Waals surface area contributed by atoms with Crippen LogP contribution in [0.1, 0.15) is 24.0 Å². The van der Waals surface area contributed by atoms with Crippen molar-refractivity contribution < 1.29 is 0 Å². The zero-order chi connectivity index (χ0) is 13.4. The highest BCUT2D eigenvalue weighted by Gasteiger charge is 2.22. The lowest BCUT2D eigenvalue weighted by Crippen LogP contribution is -2.03. The smallest absolute Gasteiger partial charge is 0.147 e. The molecule has 0 amide bonds. The zero-order valence-electron chi connectivity index (χ0n) is 10.7. The van der Waals surface area contributed by atoms with Crippen molar-refractivity contribution in [3.05, 3.63) is 35.2 Å². The van der Waals surface area contributed by atoms with Crippen LogP contribution in [0.3, 0.4) is 0 Å². The molecule has 0 saturated heterocycles. The van der Waals surface area contributed by atoms with E-state index in [0.717, 1.165) is 27.2 Å². The van der Waals surface area contributed by atoms with Gasteiger partial charge < -0.3 is 5.32 Å². The summed E-state index contributed by atoms with van der Waals surface area (Å²) in [5.74, 6) is 0.963. The van der Waals surface area contributed by atoms with E-state index < -0.39 is 0 Å². The van der Waals surface area contributed by atoms with E-state index in [1.54, 1.807) is 23.9 Å². The first-order chi connectivity index (χ1) is 9.90. The molecule has 4 rings (SSSR count). The number of anilines is 1. The van der Waals surface area contributed by atoms with E-state index in [0.29, 0.717) is 6.04 Å². The fourth-order valence-electron chi connectivity index (χ4n) is 2.05. The van der Waals surface area contributed by atoms with Crippen LogP contribution in [0.15, 0.2) is 24.1 Å². The molecule has 0 atom stereocenters. The Morgan fingerprint density at radius 3 is 3.05 bits per heavy atom. The van der Waals surface area contributed by atoms with Crippen molar-refractivity contribution in [2.75, 3.05) is 5.32 Å². The van der Waals surface area contributed by atoms with Gasteiger partial charge >= 0.3 is 0 Å². The quantitative estimate of drug-likeness (QED) is 0.772. The van der Waals surface area contributed by atoms with Crippen LogP contribution < -0.4 is 5.32 Å². The van der Waals surface area contributed by atoms with Gasteiger partial charge in [-0.15, -0.1) is 11.3 Å². The lowest BCUT2D eigenvalue weighted by atomic mass is 10.2. The molecule has 20 heavy (non-hydrogen) atoms. The molecule has 1 aliphatic carbocycles. The van der Waals surface area contributed by atoms with Crippen molar-refractivity contribution in [2.24, 2.45) is 0 Å². The number of thiophene rings is 1. The number of rotatable bonds is 4. The van der Waals surface area contributed by atoms with E-state index in [1.165, 1.54) is 12.8 Å². The second-order valence-electron chi connectivity index (χ2n) is 4.87. The minimum Gasteiger partial charge on any atom is -0.366 e. The molecule has 0 unspecified atom stereocenters. The second-order valence-corrected chi connectivity index (χ2v) is 5.75. The standard InChI is InChI=1S/C14H13N5S/c1(9-5-17-18-6-9)2-10-7-20-13-12(10)15-8-16-14(13)19-11-3-4-11/h1-2,5-8,11H,3-4H2,(H,17,18)(H,15,16,19). The van der Waals surface area contributed by atoms with Crippen LogP contribution >= 0.6 is 11.3 Å². The number of aromatic nitrogens is 4. The molecule has 2 N–H and O–H groups in total. The minimum atomic E-state index is 0.597. The molecule has 3 aromatic rings. The predicted octanol–water partition coefficient (Wildman–Crippen LogP) is 3.16. The molecule has 1 saturated carbocycles. The molecule has 0 bridgehead atoms. The Morgan fingerprint density at radius 2 is 2.25 bits per heavy atom. The number of aromatic amines is 1. The van der Waals surface area contributed by atoms with Gasteiger partial charge in [0, 0.05) is 28.7 Å². The zero-order valence-corrected chi connectivity index (χ0v) is 11.5. The summed E-state index contributed by atoms with van der Waals surface area (Å²) in [5.41, 5.74) is 3.18. The average Bonchev–Trinajstić information content (AvgIpc) is 2.98. The maximum atomic E-state index is 4.41. The number of H-pyrrole nitrogens is 1. The van der Waals surface area contributed by atoms with E-state index in [9.17, 15) is 0 Å². The van der Waals surface area contributed by atoms with Crippen molar-refractivity contribution in [1.29, 1.82) is 0 Å². The van der Waals surface area contributed by atoms with Crippen molar-refractivity contribution in [2.45, 2.75) is 18.9 Å². The minimum absolute atomic E-state index is 0.597. The number of nitrogens with one attached hydrogen (secondary N) is 2. The lowest BCUT2D eigenvalue weighted by molar-refractivity contribution is 1.09. The molecular formula is C14H13N5S. The third kappa shape index (κ3) is 2.18. The largest absolute Gasteiger partial charge is 0.366 e. The fraction of sp³-hybridized carbons (Fsp3) is 0.214. The second kappa shape index (κ2) is 4.72. The van der Waals surface area contributed by atoms with Crippen LogP contribution in [0.25, 0.3) is 22.4 Å². The van der Waals surface area contributed by atoms with Crippen molar-refractivity contribution >= 4 is 39.5 Å². The molecule has 6 heteroatoms. The summed E-state index contributed by atoms with van der Waals surface area (Å²) in [6, 6.07) is 0.597. The van der Waals surface area contributed by atoms with E-state index in [-0.39, 0.29) is 0 Å². The molecule has 0 radical (unpaired) electrons. The Hall–Kier alpha value is -2.21. The fourth-order valence-corrected chi connectivity index (χ4v) is 2.99. The van der Waals surface area contributed by atoms with E-state index in [4.69, 9.17) is 0 Å². The molecule has 3 aromatic heterocycles. The number of nitrogens with zero attached hydrogens (tertiary/aromatic N) is 3. The van der Waals surface area contributed by atoms with Crippen molar-refractivity contribution in [3.63, 3.8) is 0 Å². The number of hydrogen-bond acceptors (Lipinski definition) is 5. The molecule has 0 aliphatic heterocycles. The van der Waals surface area contributed by atoms with Gasteiger partial charge in [0.2, 0.25) is 0 Å². The van der Waals surface area contributed by atoms with E-state index in [1.807, 2.05) is 12.3 Å². The Bertz CT molecular complexity index is 755. The highest BCUT2D eigenvalue weighted by atomic mass is 32.1. The summed E-state index contributed by atoms with van der Waals surface area (Å²) in [7, 11) is 0. The van der Waals surface area contributed by atoms with Gasteiger partial charge in [-0.2, -0.15) is 5.10 Å². The predicted molar refractivity (Wildman–Crippen MR) is 81.6 cm³/mol. The monoisotopic (exact) mass is 283 g/mol. The number of hydrogen-bond donors (Lipinski definition) is 2. The van der Waals surface area contributed by atoms with Gasteiger partial charge in [0.25, 0.3) is 0 Å². The maximum Gasteiger partial charge on any atom is 0.147 e. The molecule has 100 valence electrons. The van der Waals surface area contributed by atoms with Crippen LogP contribution in [0.5, 0.6) is 0 Å². The Kier molecular flexibility index (Phi) is 2.74. The molecule has 3 heterocycles. The third-order valence-electron chi connectivity index (χ3n) is 3.27. The normalized spacial score (nSPS) is 15.2. The average molecular weight is 283 g/mol. The molecule has 1 aliphatic rings. The van der Waals surface area contributed by atoms with Gasteiger partial charge in [-0.1, -0.05) is 12.2 Å². The topological polar surface area (TPSA) is 66.5 Å². The Morgan fingerprint density at radius 1 is 1.30 bits per heavy atom. The lowest BCUT2D eigenvalue weighted by Gasteiger charge is -2.03. The maximum absolute atomic E-state index is 4.41. The Labute approximate surface area is 119 Å². The third-order valence-corrected chi connectivity index (χ3v) is 4.27. The summed E-state index contributed by atoms with van der Waals surface area (Å²) >= 11 is 1.69. The van der Waals surface area contributed by atoms with Gasteiger partial charge in [-0.25, -0.2) is 9.97 Å². The molecule has 0 aromatic carbocycles. The molecular weight excluding hydrogens is 270 g/mol. The van der Waals surface area contributed by atoms with Crippen LogP contribution in [0, 0.1) is 0 Å². The molecule has 5 nitrogen and oxygen atoms in total. The number of fused-ring (bicyclic) bond motifs is 1. The summed E-state index contributed by atoms with van der Waals surface area (Å²) < 4.78 is 1.13. The first-order valence-corrected chi connectivity index (χ1v) is 7.44. The highest BCUT2D eigenvalue weighted by Crippen LogP contribution is 2.33. The van der Waals surface area contributed by atoms with Crippen LogP contribution in [-0.4, -0.2) is 26.2 Å². The first-order valence-electron chi connectivity index (χ1n) is 6.56. The summed E-state index contributed by atoms with van der Waals surface area (Å²) in [4.78, 5) is 8.77. The van der Waals surface area contributed by atoms with Gasteiger partial charge in [0.15, 0.2) is 0 Å². The van der Waals surface area contributed by atoms with Gasteiger partial charge in [0.05, 0.1) is 16.4 Å². The van der Waals surface area contributed by atoms with E-state index >= 15 is 0 Å².